The SMILES string of the molecule is Cl.NC1(c2ccc([N+](=O)[O-])cc2)CC1c1ccccc1. The maximum atomic E-state index is 10.6. The highest BCUT2D eigenvalue weighted by Gasteiger charge is 2.52. The molecular weight excluding hydrogens is 276 g/mol. The first-order valence-electron chi connectivity index (χ1n) is 6.20. The predicted molar refractivity (Wildman–Crippen MR) is 80.0 cm³/mol. The molecule has 20 heavy (non-hydrogen) atoms. The first kappa shape index (κ1) is 14.5. The van der Waals surface area contributed by atoms with E-state index < -0.39 is 4.92 Å². The van der Waals surface area contributed by atoms with Gasteiger partial charge in [-0.05, 0) is 17.5 Å². The van der Waals surface area contributed by atoms with Crippen molar-refractivity contribution in [2.45, 2.75) is 17.9 Å². The fraction of sp³-hybridized carbons (Fsp3) is 0.200. The van der Waals surface area contributed by atoms with Gasteiger partial charge in [0.25, 0.3) is 5.69 Å². The number of nitrogens with two attached hydrogens (primary N) is 1. The Balaban J connectivity index is 0.00000147. The van der Waals surface area contributed by atoms with Crippen LogP contribution >= 0.6 is 12.4 Å². The van der Waals surface area contributed by atoms with Crippen LogP contribution in [-0.2, 0) is 5.54 Å². The minimum atomic E-state index is -0.394. The van der Waals surface area contributed by atoms with Gasteiger partial charge in [-0.15, -0.1) is 12.4 Å². The van der Waals surface area contributed by atoms with E-state index in [0.717, 1.165) is 12.0 Å². The van der Waals surface area contributed by atoms with Gasteiger partial charge in [-0.25, -0.2) is 0 Å². The molecule has 3 rings (SSSR count). The van der Waals surface area contributed by atoms with Crippen molar-refractivity contribution in [1.82, 2.24) is 0 Å². The van der Waals surface area contributed by atoms with Crippen molar-refractivity contribution in [3.8, 4) is 0 Å². The van der Waals surface area contributed by atoms with Crippen molar-refractivity contribution in [2.75, 3.05) is 0 Å². The number of hydrogen-bond acceptors (Lipinski definition) is 3. The molecule has 2 atom stereocenters. The number of halogens is 1. The number of nitro groups is 1. The zero-order chi connectivity index (χ0) is 13.5. The summed E-state index contributed by atoms with van der Waals surface area (Å²) in [5.41, 5.74) is 8.31. The zero-order valence-electron chi connectivity index (χ0n) is 10.7. The zero-order valence-corrected chi connectivity index (χ0v) is 11.5. The largest absolute Gasteiger partial charge is 0.321 e. The lowest BCUT2D eigenvalue weighted by Gasteiger charge is -2.12. The summed E-state index contributed by atoms with van der Waals surface area (Å²) in [7, 11) is 0. The van der Waals surface area contributed by atoms with E-state index in [2.05, 4.69) is 12.1 Å². The van der Waals surface area contributed by atoms with Crippen LogP contribution < -0.4 is 5.73 Å². The Morgan fingerprint density at radius 2 is 1.70 bits per heavy atom. The molecule has 1 saturated carbocycles. The molecule has 1 aliphatic carbocycles. The molecule has 104 valence electrons. The highest BCUT2D eigenvalue weighted by Crippen LogP contribution is 2.56. The Labute approximate surface area is 123 Å². The Kier molecular flexibility index (Phi) is 3.79. The second kappa shape index (κ2) is 5.23. The monoisotopic (exact) mass is 290 g/mol. The molecule has 0 amide bonds. The van der Waals surface area contributed by atoms with Crippen LogP contribution in [0.1, 0.15) is 23.5 Å². The van der Waals surface area contributed by atoms with Gasteiger partial charge < -0.3 is 5.73 Å². The third-order valence-electron chi connectivity index (χ3n) is 3.82. The molecule has 4 nitrogen and oxygen atoms in total. The first-order chi connectivity index (χ1) is 9.11. The molecule has 2 unspecified atom stereocenters. The molecule has 2 aromatic carbocycles. The summed E-state index contributed by atoms with van der Waals surface area (Å²) in [5.74, 6) is 0.301. The van der Waals surface area contributed by atoms with Gasteiger partial charge in [-0.3, -0.25) is 10.1 Å². The van der Waals surface area contributed by atoms with Crippen molar-refractivity contribution in [1.29, 1.82) is 0 Å². The summed E-state index contributed by atoms with van der Waals surface area (Å²) < 4.78 is 0. The Morgan fingerprint density at radius 3 is 2.25 bits per heavy atom. The normalized spacial score (nSPS) is 23.8. The van der Waals surface area contributed by atoms with E-state index >= 15 is 0 Å². The summed E-state index contributed by atoms with van der Waals surface area (Å²) in [6.07, 6.45) is 0.884. The van der Waals surface area contributed by atoms with Gasteiger partial charge in [0.1, 0.15) is 0 Å². The maximum Gasteiger partial charge on any atom is 0.269 e. The van der Waals surface area contributed by atoms with Crippen molar-refractivity contribution in [3.05, 3.63) is 75.8 Å². The van der Waals surface area contributed by atoms with Crippen molar-refractivity contribution in [3.63, 3.8) is 0 Å². The summed E-state index contributed by atoms with van der Waals surface area (Å²) >= 11 is 0. The van der Waals surface area contributed by atoms with Crippen LogP contribution in [0.3, 0.4) is 0 Å². The topological polar surface area (TPSA) is 69.2 Å². The number of benzene rings is 2. The fourth-order valence-electron chi connectivity index (χ4n) is 2.59. The second-order valence-corrected chi connectivity index (χ2v) is 5.01. The highest BCUT2D eigenvalue weighted by atomic mass is 35.5. The third-order valence-corrected chi connectivity index (χ3v) is 3.82. The molecule has 0 aliphatic heterocycles. The quantitative estimate of drug-likeness (QED) is 0.696. The van der Waals surface area contributed by atoms with Crippen molar-refractivity contribution < 1.29 is 4.92 Å². The van der Waals surface area contributed by atoms with Gasteiger partial charge in [0, 0.05) is 23.6 Å². The molecule has 1 aliphatic rings. The van der Waals surface area contributed by atoms with Crippen molar-refractivity contribution in [2.24, 2.45) is 5.73 Å². The molecular formula is C15H15ClN2O2. The lowest BCUT2D eigenvalue weighted by molar-refractivity contribution is -0.384. The van der Waals surface area contributed by atoms with E-state index in [1.165, 1.54) is 17.7 Å². The maximum absolute atomic E-state index is 10.6. The average molecular weight is 291 g/mol. The number of nitro benzene ring substituents is 1. The van der Waals surface area contributed by atoms with Crippen molar-refractivity contribution >= 4 is 18.1 Å². The van der Waals surface area contributed by atoms with E-state index in [-0.39, 0.29) is 23.6 Å². The summed E-state index contributed by atoms with van der Waals surface area (Å²) in [6.45, 7) is 0. The molecule has 5 heteroatoms. The minimum Gasteiger partial charge on any atom is -0.321 e. The summed E-state index contributed by atoms with van der Waals surface area (Å²) in [4.78, 5) is 10.2. The van der Waals surface area contributed by atoms with E-state index in [9.17, 15) is 10.1 Å². The second-order valence-electron chi connectivity index (χ2n) is 5.01. The predicted octanol–water partition coefficient (Wildman–Crippen LogP) is 3.36. The lowest BCUT2D eigenvalue weighted by Crippen LogP contribution is -2.21. The highest BCUT2D eigenvalue weighted by molar-refractivity contribution is 5.85. The average Bonchev–Trinajstić information content (AvgIpc) is 3.14. The van der Waals surface area contributed by atoms with Gasteiger partial charge in [0.2, 0.25) is 0 Å². The first-order valence-corrected chi connectivity index (χ1v) is 6.20. The summed E-state index contributed by atoms with van der Waals surface area (Å²) in [5, 5.41) is 10.6. The van der Waals surface area contributed by atoms with Gasteiger partial charge in [0.05, 0.1) is 4.92 Å². The van der Waals surface area contributed by atoms with Gasteiger partial charge >= 0.3 is 0 Å². The van der Waals surface area contributed by atoms with Crippen LogP contribution in [0, 0.1) is 10.1 Å². The van der Waals surface area contributed by atoms with Crippen LogP contribution in [0.15, 0.2) is 54.6 Å². The number of rotatable bonds is 3. The molecule has 2 N–H and O–H groups in total. The fourth-order valence-corrected chi connectivity index (χ4v) is 2.59. The molecule has 0 heterocycles. The summed E-state index contributed by atoms with van der Waals surface area (Å²) in [6, 6.07) is 16.7. The lowest BCUT2D eigenvalue weighted by atomic mass is 9.99. The van der Waals surface area contributed by atoms with Crippen LogP contribution in [-0.4, -0.2) is 4.92 Å². The standard InChI is InChI=1S/C15H14N2O2.ClH/c16-15(10-14(15)11-4-2-1-3-5-11)12-6-8-13(9-7-12)17(18)19;/h1-9,14H,10,16H2;1H. The van der Waals surface area contributed by atoms with Crippen LogP contribution in [0.2, 0.25) is 0 Å². The van der Waals surface area contributed by atoms with Gasteiger partial charge in [-0.2, -0.15) is 0 Å². The minimum absolute atomic E-state index is 0. The number of non-ortho nitro benzene ring substituents is 1. The molecule has 0 spiro atoms. The molecule has 0 aromatic heterocycles. The molecule has 0 bridgehead atoms. The Hall–Kier alpha value is -1.91. The van der Waals surface area contributed by atoms with E-state index in [1.807, 2.05) is 18.2 Å². The molecule has 2 aromatic rings. The van der Waals surface area contributed by atoms with E-state index in [4.69, 9.17) is 5.73 Å². The smallest absolute Gasteiger partial charge is 0.269 e. The van der Waals surface area contributed by atoms with Crippen LogP contribution in [0.5, 0.6) is 0 Å². The van der Waals surface area contributed by atoms with Gasteiger partial charge in [0.15, 0.2) is 0 Å². The Morgan fingerprint density at radius 1 is 1.10 bits per heavy atom. The van der Waals surface area contributed by atoms with E-state index in [1.54, 1.807) is 12.1 Å². The Bertz CT molecular complexity index is 616. The molecule has 1 fully saturated rings. The molecule has 0 saturated heterocycles. The van der Waals surface area contributed by atoms with E-state index in [0.29, 0.717) is 5.92 Å². The third kappa shape index (κ3) is 2.40. The van der Waals surface area contributed by atoms with Gasteiger partial charge in [-0.1, -0.05) is 42.5 Å². The van der Waals surface area contributed by atoms with Crippen LogP contribution in [0.4, 0.5) is 5.69 Å². The number of nitrogens with zero attached hydrogens (tertiary/aromatic N) is 1. The van der Waals surface area contributed by atoms with Crippen LogP contribution in [0.25, 0.3) is 0 Å². The number of hydrogen-bond donors (Lipinski definition) is 1. The molecule has 0 radical (unpaired) electrons.